The zero-order valence-corrected chi connectivity index (χ0v) is 14.8. The van der Waals surface area contributed by atoms with Crippen LogP contribution in [0.4, 0.5) is 5.69 Å². The fourth-order valence-electron chi connectivity index (χ4n) is 3.07. The third-order valence-corrected chi connectivity index (χ3v) is 4.51. The Morgan fingerprint density at radius 3 is 2.60 bits per heavy atom. The number of pyridine rings is 1. The van der Waals surface area contributed by atoms with E-state index in [1.165, 1.54) is 5.56 Å². The fourth-order valence-corrected chi connectivity index (χ4v) is 3.07. The average molecular weight is 338 g/mol. The first-order valence-electron chi connectivity index (χ1n) is 9.00. The van der Waals surface area contributed by atoms with E-state index in [0.717, 1.165) is 44.8 Å². The molecule has 3 rings (SSSR count). The Morgan fingerprint density at radius 2 is 1.88 bits per heavy atom. The molecule has 0 aliphatic carbocycles. The number of piperazine rings is 1. The van der Waals surface area contributed by atoms with E-state index in [2.05, 4.69) is 50.4 Å². The summed E-state index contributed by atoms with van der Waals surface area (Å²) in [5, 5.41) is 2.91. The third-order valence-electron chi connectivity index (χ3n) is 4.51. The van der Waals surface area contributed by atoms with Gasteiger partial charge >= 0.3 is 0 Å². The summed E-state index contributed by atoms with van der Waals surface area (Å²) in [5.41, 5.74) is 3.02. The van der Waals surface area contributed by atoms with Gasteiger partial charge in [-0.1, -0.05) is 37.3 Å². The van der Waals surface area contributed by atoms with Gasteiger partial charge in [-0.2, -0.15) is 0 Å². The van der Waals surface area contributed by atoms with Crippen LogP contribution in [0.1, 0.15) is 29.3 Å². The lowest BCUT2D eigenvalue weighted by Gasteiger charge is -2.36. The van der Waals surface area contributed by atoms with Crippen LogP contribution >= 0.6 is 0 Å². The molecule has 2 aromatic rings. The van der Waals surface area contributed by atoms with Crippen LogP contribution < -0.4 is 10.2 Å². The molecule has 1 amide bonds. The Hall–Kier alpha value is -2.40. The standard InChI is InChI=1S/C20H26N4O/c1-2-8-22-20(25)18-13-19(15-21-14-18)24-11-9-23(10-12-24)16-17-6-4-3-5-7-17/h3-7,13-15H,2,8-12,16H2,1H3,(H,22,25). The predicted molar refractivity (Wildman–Crippen MR) is 101 cm³/mol. The van der Waals surface area contributed by atoms with E-state index in [1.54, 1.807) is 6.20 Å². The van der Waals surface area contributed by atoms with Crippen LogP contribution in [0.25, 0.3) is 0 Å². The first-order chi connectivity index (χ1) is 12.3. The maximum atomic E-state index is 12.1. The number of aromatic nitrogens is 1. The van der Waals surface area contributed by atoms with Gasteiger partial charge in [0, 0.05) is 45.5 Å². The predicted octanol–water partition coefficient (Wildman–Crippen LogP) is 2.54. The van der Waals surface area contributed by atoms with Crippen molar-refractivity contribution in [3.63, 3.8) is 0 Å². The molecular formula is C20H26N4O. The first-order valence-corrected chi connectivity index (χ1v) is 9.00. The Morgan fingerprint density at radius 1 is 1.12 bits per heavy atom. The minimum atomic E-state index is -0.0427. The van der Waals surface area contributed by atoms with Crippen LogP contribution in [0.3, 0.4) is 0 Å². The summed E-state index contributed by atoms with van der Waals surface area (Å²) in [4.78, 5) is 21.2. The smallest absolute Gasteiger partial charge is 0.252 e. The minimum Gasteiger partial charge on any atom is -0.368 e. The Kier molecular flexibility index (Phi) is 6.01. The van der Waals surface area contributed by atoms with Crippen molar-refractivity contribution in [2.75, 3.05) is 37.6 Å². The van der Waals surface area contributed by atoms with Crippen LogP contribution in [0.15, 0.2) is 48.8 Å². The Bertz CT molecular complexity index is 681. The lowest BCUT2D eigenvalue weighted by Crippen LogP contribution is -2.46. The van der Waals surface area contributed by atoms with Gasteiger partial charge in [0.25, 0.3) is 5.91 Å². The summed E-state index contributed by atoms with van der Waals surface area (Å²) in [7, 11) is 0. The highest BCUT2D eigenvalue weighted by Crippen LogP contribution is 2.18. The Labute approximate surface area is 149 Å². The van der Waals surface area contributed by atoms with Gasteiger partial charge in [0.1, 0.15) is 0 Å². The van der Waals surface area contributed by atoms with E-state index >= 15 is 0 Å². The molecule has 2 heterocycles. The molecule has 0 radical (unpaired) electrons. The van der Waals surface area contributed by atoms with Crippen molar-refractivity contribution in [3.8, 4) is 0 Å². The highest BCUT2D eigenvalue weighted by atomic mass is 16.1. The SMILES string of the molecule is CCCNC(=O)c1cncc(N2CCN(Cc3ccccc3)CC2)c1. The van der Waals surface area contributed by atoms with Gasteiger partial charge in [0.2, 0.25) is 0 Å². The van der Waals surface area contributed by atoms with Crippen molar-refractivity contribution in [1.82, 2.24) is 15.2 Å². The highest BCUT2D eigenvalue weighted by molar-refractivity contribution is 5.94. The topological polar surface area (TPSA) is 48.5 Å². The van der Waals surface area contributed by atoms with Crippen molar-refractivity contribution in [3.05, 3.63) is 59.9 Å². The number of hydrogen-bond acceptors (Lipinski definition) is 4. The van der Waals surface area contributed by atoms with Crippen molar-refractivity contribution >= 4 is 11.6 Å². The zero-order chi connectivity index (χ0) is 17.5. The number of nitrogens with zero attached hydrogens (tertiary/aromatic N) is 3. The van der Waals surface area contributed by atoms with Crippen LogP contribution in [0.2, 0.25) is 0 Å². The van der Waals surface area contributed by atoms with Gasteiger partial charge in [-0.05, 0) is 18.1 Å². The zero-order valence-electron chi connectivity index (χ0n) is 14.8. The van der Waals surface area contributed by atoms with Gasteiger partial charge in [-0.15, -0.1) is 0 Å². The first kappa shape index (κ1) is 17.4. The number of carbonyl (C=O) groups excluding carboxylic acids is 1. The summed E-state index contributed by atoms with van der Waals surface area (Å²) in [6, 6.07) is 12.5. The summed E-state index contributed by atoms with van der Waals surface area (Å²) < 4.78 is 0. The summed E-state index contributed by atoms with van der Waals surface area (Å²) in [5.74, 6) is -0.0427. The van der Waals surface area contributed by atoms with E-state index in [1.807, 2.05) is 19.2 Å². The van der Waals surface area contributed by atoms with Crippen molar-refractivity contribution < 1.29 is 4.79 Å². The molecule has 0 bridgehead atoms. The summed E-state index contributed by atoms with van der Waals surface area (Å²) >= 11 is 0. The monoisotopic (exact) mass is 338 g/mol. The number of carbonyl (C=O) groups is 1. The molecule has 25 heavy (non-hydrogen) atoms. The van der Waals surface area contributed by atoms with E-state index < -0.39 is 0 Å². The third kappa shape index (κ3) is 4.79. The molecule has 1 saturated heterocycles. The van der Waals surface area contributed by atoms with Gasteiger partial charge in [0.15, 0.2) is 0 Å². The number of benzene rings is 1. The molecule has 0 unspecified atom stereocenters. The maximum absolute atomic E-state index is 12.1. The summed E-state index contributed by atoms with van der Waals surface area (Å²) in [6.07, 6.45) is 4.42. The van der Waals surface area contributed by atoms with Crippen molar-refractivity contribution in [2.24, 2.45) is 0 Å². The molecule has 1 aromatic heterocycles. The number of rotatable bonds is 6. The molecule has 1 aliphatic heterocycles. The molecule has 0 saturated carbocycles. The molecule has 1 fully saturated rings. The second kappa shape index (κ2) is 8.62. The molecule has 0 spiro atoms. The second-order valence-electron chi connectivity index (χ2n) is 6.44. The van der Waals surface area contributed by atoms with E-state index in [0.29, 0.717) is 12.1 Å². The lowest BCUT2D eigenvalue weighted by molar-refractivity contribution is 0.0953. The average Bonchev–Trinajstić information content (AvgIpc) is 2.67. The number of nitrogens with one attached hydrogen (secondary N) is 1. The minimum absolute atomic E-state index is 0.0427. The van der Waals surface area contributed by atoms with Crippen LogP contribution in [0, 0.1) is 0 Å². The lowest BCUT2D eigenvalue weighted by atomic mass is 10.2. The van der Waals surface area contributed by atoms with Gasteiger partial charge in [-0.3, -0.25) is 14.7 Å². The number of anilines is 1. The normalized spacial score (nSPS) is 15.2. The Balaban J connectivity index is 1.56. The molecule has 0 atom stereocenters. The molecule has 5 nitrogen and oxygen atoms in total. The van der Waals surface area contributed by atoms with Gasteiger partial charge < -0.3 is 10.2 Å². The van der Waals surface area contributed by atoms with Crippen LogP contribution in [0.5, 0.6) is 0 Å². The molecule has 1 N–H and O–H groups in total. The van der Waals surface area contributed by atoms with Crippen LogP contribution in [-0.2, 0) is 6.54 Å². The molecule has 1 aliphatic rings. The fraction of sp³-hybridized carbons (Fsp3) is 0.400. The van der Waals surface area contributed by atoms with Gasteiger partial charge in [-0.25, -0.2) is 0 Å². The second-order valence-corrected chi connectivity index (χ2v) is 6.44. The van der Waals surface area contributed by atoms with E-state index in [-0.39, 0.29) is 5.91 Å². The quantitative estimate of drug-likeness (QED) is 0.879. The molecule has 5 heteroatoms. The number of hydrogen-bond donors (Lipinski definition) is 1. The van der Waals surface area contributed by atoms with Gasteiger partial charge in [0.05, 0.1) is 17.4 Å². The van der Waals surface area contributed by atoms with Crippen LogP contribution in [-0.4, -0.2) is 48.5 Å². The number of amides is 1. The largest absolute Gasteiger partial charge is 0.368 e. The van der Waals surface area contributed by atoms with E-state index in [9.17, 15) is 4.79 Å². The van der Waals surface area contributed by atoms with E-state index in [4.69, 9.17) is 0 Å². The molecular weight excluding hydrogens is 312 g/mol. The van der Waals surface area contributed by atoms with Crippen molar-refractivity contribution in [2.45, 2.75) is 19.9 Å². The molecule has 1 aromatic carbocycles. The summed E-state index contributed by atoms with van der Waals surface area (Å²) in [6.45, 7) is 7.67. The molecule has 132 valence electrons. The highest BCUT2D eigenvalue weighted by Gasteiger charge is 2.18. The van der Waals surface area contributed by atoms with Crippen molar-refractivity contribution in [1.29, 1.82) is 0 Å². The maximum Gasteiger partial charge on any atom is 0.252 e.